The highest BCUT2D eigenvalue weighted by molar-refractivity contribution is 6.30. The summed E-state index contributed by atoms with van der Waals surface area (Å²) in [6.45, 7) is 8.92. The summed E-state index contributed by atoms with van der Waals surface area (Å²) >= 11 is 6.28. The summed E-state index contributed by atoms with van der Waals surface area (Å²) in [5.41, 5.74) is 2.24. The maximum Gasteiger partial charge on any atom is 0.232 e. The Hall–Kier alpha value is -1.95. The van der Waals surface area contributed by atoms with Crippen LogP contribution in [0.1, 0.15) is 69.1 Å². The van der Waals surface area contributed by atoms with Gasteiger partial charge in [-0.05, 0) is 61.3 Å². The average molecular weight is 528 g/mol. The molecule has 5 rings (SSSR count). The second-order valence-corrected chi connectivity index (χ2v) is 11.9. The molecule has 2 aromatic rings. The predicted molar refractivity (Wildman–Crippen MR) is 145 cm³/mol. The zero-order valence-corrected chi connectivity index (χ0v) is 23.1. The van der Waals surface area contributed by atoms with Crippen molar-refractivity contribution in [2.45, 2.75) is 76.4 Å². The topological polar surface area (TPSA) is 46.2 Å². The van der Waals surface area contributed by atoms with E-state index in [9.17, 15) is 4.79 Å². The number of piperidine rings is 1. The molecule has 0 saturated carbocycles. The molecule has 0 unspecified atom stereocenters. The number of carbonyl (C=O) groups is 1. The van der Waals surface area contributed by atoms with Gasteiger partial charge in [-0.25, -0.2) is 4.39 Å². The summed E-state index contributed by atoms with van der Waals surface area (Å²) in [6.07, 6.45) is 4.60. The van der Waals surface area contributed by atoms with Crippen molar-refractivity contribution in [2.75, 3.05) is 26.2 Å². The standard InChI is InChI=1S/C31H40ClFN2O2/c1-4-21(5-2)28-15-23(22-9-7-6-8-10-22)11-12-35(28)30(36)26-17-34-18-31(26)19-37-20(3)13-24-14-25(32)16-27(33)29(24)31/h6-10,14,16,20-21,23,26,28,34H,4-5,11-13,15,17-19H2,1-3H3/p+1/t20-,23+,26-,28-,31-/m0/s1. The van der Waals surface area contributed by atoms with Crippen molar-refractivity contribution in [1.29, 1.82) is 0 Å². The number of likely N-dealkylation sites (tertiary alicyclic amines) is 1. The first-order valence-corrected chi connectivity index (χ1v) is 14.5. The van der Waals surface area contributed by atoms with Crippen LogP contribution < -0.4 is 5.32 Å². The van der Waals surface area contributed by atoms with Crippen molar-refractivity contribution in [3.05, 3.63) is 70.0 Å². The Morgan fingerprint density at radius 1 is 1.24 bits per heavy atom. The first-order valence-electron chi connectivity index (χ1n) is 14.1. The monoisotopic (exact) mass is 527 g/mol. The molecule has 4 nitrogen and oxygen atoms in total. The van der Waals surface area contributed by atoms with Crippen LogP contribution in [0.5, 0.6) is 0 Å². The second-order valence-electron chi connectivity index (χ2n) is 11.5. The SMILES string of the molecule is CCC(CC)[C@@H]1C[C@H](c2ccccc2)CCN1C(=O)[C@@H]1C[NH2+]C[C@]12CO[C@@H](C)Cc1cc(Cl)cc(F)c12. The highest BCUT2D eigenvalue weighted by Crippen LogP contribution is 2.44. The molecule has 1 amide bonds. The molecule has 3 heterocycles. The molecule has 0 aliphatic carbocycles. The molecular formula is C31H41ClFN2O2+. The van der Waals surface area contributed by atoms with Crippen molar-refractivity contribution in [2.24, 2.45) is 11.8 Å². The Morgan fingerprint density at radius 3 is 2.73 bits per heavy atom. The summed E-state index contributed by atoms with van der Waals surface area (Å²) in [5.74, 6) is 0.466. The molecule has 0 radical (unpaired) electrons. The number of hydrogen-bond acceptors (Lipinski definition) is 2. The lowest BCUT2D eigenvalue weighted by Gasteiger charge is -2.45. The van der Waals surface area contributed by atoms with E-state index in [1.54, 1.807) is 0 Å². The third-order valence-corrected chi connectivity index (χ3v) is 9.65. The van der Waals surface area contributed by atoms with Crippen LogP contribution in [0.4, 0.5) is 4.39 Å². The number of quaternary nitrogens is 1. The number of ether oxygens (including phenoxy) is 1. The molecule has 3 aliphatic heterocycles. The first-order chi connectivity index (χ1) is 17.9. The number of halogens is 2. The number of amides is 1. The molecule has 2 fully saturated rings. The van der Waals surface area contributed by atoms with E-state index in [4.69, 9.17) is 16.3 Å². The molecule has 6 heteroatoms. The Bertz CT molecular complexity index is 1110. The van der Waals surface area contributed by atoms with Gasteiger partial charge in [0.1, 0.15) is 11.7 Å². The van der Waals surface area contributed by atoms with Gasteiger partial charge in [0.2, 0.25) is 5.91 Å². The number of carbonyl (C=O) groups excluding carboxylic acids is 1. The van der Waals surface area contributed by atoms with E-state index >= 15 is 4.39 Å². The minimum atomic E-state index is -0.680. The molecule has 0 aromatic heterocycles. The lowest BCUT2D eigenvalue weighted by atomic mass is 9.69. The molecule has 3 aliphatic rings. The van der Waals surface area contributed by atoms with E-state index in [0.29, 0.717) is 48.5 Å². The van der Waals surface area contributed by atoms with Gasteiger partial charge in [-0.1, -0.05) is 68.6 Å². The van der Waals surface area contributed by atoms with Gasteiger partial charge in [0.05, 0.1) is 31.2 Å². The third kappa shape index (κ3) is 4.95. The van der Waals surface area contributed by atoms with E-state index in [2.05, 4.69) is 54.4 Å². The van der Waals surface area contributed by atoms with Crippen LogP contribution in [0.3, 0.4) is 0 Å². The van der Waals surface area contributed by atoms with Crippen LogP contribution in [0.2, 0.25) is 5.02 Å². The maximum absolute atomic E-state index is 15.7. The summed E-state index contributed by atoms with van der Waals surface area (Å²) in [6, 6.07) is 14.2. The van der Waals surface area contributed by atoms with Crippen LogP contribution in [0.25, 0.3) is 0 Å². The number of nitrogens with two attached hydrogens (primary N) is 1. The lowest BCUT2D eigenvalue weighted by Crippen LogP contribution is -2.82. The van der Waals surface area contributed by atoms with E-state index < -0.39 is 5.41 Å². The molecule has 0 bridgehead atoms. The van der Waals surface area contributed by atoms with Gasteiger partial charge in [-0.15, -0.1) is 0 Å². The fourth-order valence-corrected chi connectivity index (χ4v) is 7.73. The number of nitrogens with zero attached hydrogens (tertiary/aromatic N) is 1. The van der Waals surface area contributed by atoms with Crippen LogP contribution in [0.15, 0.2) is 42.5 Å². The Balaban J connectivity index is 1.50. The molecule has 2 N–H and O–H groups in total. The van der Waals surface area contributed by atoms with E-state index in [1.165, 1.54) is 11.6 Å². The quantitative estimate of drug-likeness (QED) is 0.589. The number of fused-ring (bicyclic) bond motifs is 2. The first kappa shape index (κ1) is 26.6. The number of benzene rings is 2. The van der Waals surface area contributed by atoms with E-state index in [1.807, 2.05) is 13.0 Å². The number of rotatable bonds is 5. The van der Waals surface area contributed by atoms with E-state index in [0.717, 1.165) is 37.8 Å². The van der Waals surface area contributed by atoms with E-state index in [-0.39, 0.29) is 29.8 Å². The average Bonchev–Trinajstić information content (AvgIpc) is 3.26. The van der Waals surface area contributed by atoms with Crippen molar-refractivity contribution < 1.29 is 19.2 Å². The summed E-state index contributed by atoms with van der Waals surface area (Å²) < 4.78 is 22.0. The third-order valence-electron chi connectivity index (χ3n) is 9.44. The van der Waals surface area contributed by atoms with Gasteiger partial charge in [0, 0.05) is 23.2 Å². The Labute approximate surface area is 225 Å². The second kappa shape index (κ2) is 11.0. The number of hydrogen-bond donors (Lipinski definition) is 1. The zero-order valence-electron chi connectivity index (χ0n) is 22.4. The molecule has 2 saturated heterocycles. The molecular weight excluding hydrogens is 487 g/mol. The lowest BCUT2D eigenvalue weighted by molar-refractivity contribution is -0.640. The van der Waals surface area contributed by atoms with Crippen molar-refractivity contribution in [3.8, 4) is 0 Å². The maximum atomic E-state index is 15.7. The zero-order chi connectivity index (χ0) is 26.2. The molecule has 37 heavy (non-hydrogen) atoms. The van der Waals surface area contributed by atoms with Gasteiger partial charge < -0.3 is 15.0 Å². The van der Waals surface area contributed by atoms with Crippen molar-refractivity contribution in [1.82, 2.24) is 4.90 Å². The largest absolute Gasteiger partial charge is 0.377 e. The Morgan fingerprint density at radius 2 is 2.00 bits per heavy atom. The Kier molecular flexibility index (Phi) is 7.95. The normalized spacial score (nSPS) is 29.9. The highest BCUT2D eigenvalue weighted by Gasteiger charge is 2.56. The fraction of sp³-hybridized carbons (Fsp3) is 0.581. The highest BCUT2D eigenvalue weighted by atomic mass is 35.5. The van der Waals surface area contributed by atoms with Crippen LogP contribution >= 0.6 is 11.6 Å². The van der Waals surface area contributed by atoms with Gasteiger partial charge in [0.25, 0.3) is 0 Å². The minimum absolute atomic E-state index is 0.0497. The summed E-state index contributed by atoms with van der Waals surface area (Å²) in [7, 11) is 0. The predicted octanol–water partition coefficient (Wildman–Crippen LogP) is 5.08. The smallest absolute Gasteiger partial charge is 0.232 e. The van der Waals surface area contributed by atoms with Crippen LogP contribution in [0, 0.1) is 17.7 Å². The summed E-state index contributed by atoms with van der Waals surface area (Å²) in [5, 5.41) is 2.59. The van der Waals surface area contributed by atoms with Gasteiger partial charge in [0.15, 0.2) is 0 Å². The van der Waals surface area contributed by atoms with Crippen molar-refractivity contribution in [3.63, 3.8) is 0 Å². The fourth-order valence-electron chi connectivity index (χ4n) is 7.50. The molecule has 5 atom stereocenters. The molecule has 1 spiro atoms. The van der Waals surface area contributed by atoms with Gasteiger partial charge in [-0.2, -0.15) is 0 Å². The molecule has 200 valence electrons. The minimum Gasteiger partial charge on any atom is -0.377 e. The van der Waals surface area contributed by atoms with Crippen molar-refractivity contribution >= 4 is 17.5 Å². The molecule has 2 aromatic carbocycles. The van der Waals surface area contributed by atoms with Crippen LogP contribution in [-0.4, -0.2) is 49.2 Å². The van der Waals surface area contributed by atoms with Gasteiger partial charge >= 0.3 is 0 Å². The van der Waals surface area contributed by atoms with Crippen LogP contribution in [-0.2, 0) is 21.4 Å². The van der Waals surface area contributed by atoms with Gasteiger partial charge in [-0.3, -0.25) is 4.79 Å². The summed E-state index contributed by atoms with van der Waals surface area (Å²) in [4.78, 5) is 16.7.